The highest BCUT2D eigenvalue weighted by Crippen LogP contribution is 2.39. The number of methoxy groups -OCH3 is 1. The van der Waals surface area contributed by atoms with Crippen molar-refractivity contribution in [2.24, 2.45) is 4.99 Å². The van der Waals surface area contributed by atoms with Crippen molar-refractivity contribution in [2.45, 2.75) is 17.8 Å². The van der Waals surface area contributed by atoms with Gasteiger partial charge in [0.15, 0.2) is 15.0 Å². The third-order valence-electron chi connectivity index (χ3n) is 4.73. The van der Waals surface area contributed by atoms with Crippen LogP contribution in [0.3, 0.4) is 0 Å². The second kappa shape index (κ2) is 7.48. The summed E-state index contributed by atoms with van der Waals surface area (Å²) in [4.78, 5) is 6.83. The predicted molar refractivity (Wildman–Crippen MR) is 115 cm³/mol. The van der Waals surface area contributed by atoms with Crippen LogP contribution in [0.4, 0.5) is 5.69 Å². The number of amidine groups is 1. The van der Waals surface area contributed by atoms with E-state index in [0.717, 1.165) is 26.8 Å². The van der Waals surface area contributed by atoms with Crippen molar-refractivity contribution in [3.8, 4) is 5.75 Å². The van der Waals surface area contributed by atoms with Gasteiger partial charge in [-0.15, -0.1) is 0 Å². The minimum Gasteiger partial charge on any atom is -0.495 e. The van der Waals surface area contributed by atoms with Gasteiger partial charge in [0.1, 0.15) is 5.75 Å². The average molecular weight is 467 g/mol. The second-order valence-corrected chi connectivity index (χ2v) is 10.6. The molecule has 2 atom stereocenters. The molecule has 5 nitrogen and oxygen atoms in total. The number of hydrogen-bond acceptors (Lipinski definition) is 6. The number of anilines is 1. The molecular weight excluding hydrogens is 448 g/mol. The highest BCUT2D eigenvalue weighted by molar-refractivity contribution is 9.10. The molecule has 0 amide bonds. The first-order valence-electron chi connectivity index (χ1n) is 8.54. The van der Waals surface area contributed by atoms with Crippen LogP contribution >= 0.6 is 27.7 Å². The molecule has 0 unspecified atom stereocenters. The standard InChI is InChI=1S/C19H19BrN2O3S2/c1-25-18-5-3-2-4-16(18)22-17-12-27(23,24)11-15(17)21-19(22)26-10-13-6-8-14(20)9-7-13/h2-9,15,17H,10-12H2,1H3/t15-,17+/m1/s1. The van der Waals surface area contributed by atoms with Crippen LogP contribution in [0.2, 0.25) is 0 Å². The summed E-state index contributed by atoms with van der Waals surface area (Å²) in [6.45, 7) is 0. The Morgan fingerprint density at radius 1 is 1.19 bits per heavy atom. The van der Waals surface area contributed by atoms with E-state index in [1.54, 1.807) is 18.9 Å². The number of sulfone groups is 1. The molecule has 2 aromatic rings. The van der Waals surface area contributed by atoms with E-state index in [4.69, 9.17) is 9.73 Å². The van der Waals surface area contributed by atoms with Crippen LogP contribution in [-0.4, -0.2) is 44.3 Å². The molecule has 8 heteroatoms. The van der Waals surface area contributed by atoms with Crippen molar-refractivity contribution in [3.05, 3.63) is 58.6 Å². The Labute approximate surface area is 171 Å². The van der Waals surface area contributed by atoms with Gasteiger partial charge in [0.05, 0.1) is 36.4 Å². The Hall–Kier alpha value is -1.51. The monoisotopic (exact) mass is 466 g/mol. The van der Waals surface area contributed by atoms with Crippen molar-refractivity contribution in [1.29, 1.82) is 0 Å². The first-order valence-corrected chi connectivity index (χ1v) is 12.1. The molecule has 27 heavy (non-hydrogen) atoms. The number of rotatable bonds is 4. The molecule has 0 N–H and O–H groups in total. The molecule has 2 aromatic carbocycles. The van der Waals surface area contributed by atoms with Crippen molar-refractivity contribution >= 4 is 48.4 Å². The summed E-state index contributed by atoms with van der Waals surface area (Å²) in [6, 6.07) is 15.5. The smallest absolute Gasteiger partial charge is 0.164 e. The maximum atomic E-state index is 12.2. The van der Waals surface area contributed by atoms with Crippen LogP contribution in [0.25, 0.3) is 0 Å². The normalized spacial score (nSPS) is 23.2. The first kappa shape index (κ1) is 18.8. The lowest BCUT2D eigenvalue weighted by Crippen LogP contribution is -2.39. The number of ether oxygens (including phenoxy) is 1. The van der Waals surface area contributed by atoms with Crippen molar-refractivity contribution < 1.29 is 13.2 Å². The topological polar surface area (TPSA) is 59.0 Å². The fourth-order valence-corrected chi connectivity index (χ4v) is 6.65. The van der Waals surface area contributed by atoms with E-state index in [2.05, 4.69) is 33.0 Å². The first-order chi connectivity index (χ1) is 13.0. The molecule has 4 rings (SSSR count). The van der Waals surface area contributed by atoms with Gasteiger partial charge in [-0.25, -0.2) is 8.42 Å². The van der Waals surface area contributed by atoms with Gasteiger partial charge in [-0.2, -0.15) is 0 Å². The predicted octanol–water partition coefficient (Wildman–Crippen LogP) is 3.73. The molecule has 0 spiro atoms. The summed E-state index contributed by atoms with van der Waals surface area (Å²) < 4.78 is 30.9. The van der Waals surface area contributed by atoms with Crippen LogP contribution in [0.5, 0.6) is 5.75 Å². The number of halogens is 1. The van der Waals surface area contributed by atoms with Gasteiger partial charge in [-0.05, 0) is 29.8 Å². The van der Waals surface area contributed by atoms with E-state index in [1.165, 1.54) is 5.56 Å². The summed E-state index contributed by atoms with van der Waals surface area (Å²) in [5.41, 5.74) is 2.06. The van der Waals surface area contributed by atoms with Gasteiger partial charge in [0.25, 0.3) is 0 Å². The number of nitrogens with zero attached hydrogens (tertiary/aromatic N) is 2. The number of para-hydroxylation sites is 2. The van der Waals surface area contributed by atoms with Crippen LogP contribution in [-0.2, 0) is 15.6 Å². The number of thioether (sulfide) groups is 1. The van der Waals surface area contributed by atoms with Crippen molar-refractivity contribution in [3.63, 3.8) is 0 Å². The maximum absolute atomic E-state index is 12.2. The zero-order valence-electron chi connectivity index (χ0n) is 14.7. The van der Waals surface area contributed by atoms with Gasteiger partial charge < -0.3 is 9.64 Å². The zero-order valence-corrected chi connectivity index (χ0v) is 17.9. The van der Waals surface area contributed by atoms with Crippen LogP contribution in [0.1, 0.15) is 5.56 Å². The second-order valence-electron chi connectivity index (χ2n) is 6.58. The van der Waals surface area contributed by atoms with Crippen molar-refractivity contribution in [2.75, 3.05) is 23.5 Å². The molecular formula is C19H19BrN2O3S2. The van der Waals surface area contributed by atoms with Crippen LogP contribution < -0.4 is 9.64 Å². The van der Waals surface area contributed by atoms with E-state index < -0.39 is 9.84 Å². The summed E-state index contributed by atoms with van der Waals surface area (Å²) >= 11 is 5.08. The molecule has 0 aromatic heterocycles. The van der Waals surface area contributed by atoms with E-state index in [0.29, 0.717) is 0 Å². The maximum Gasteiger partial charge on any atom is 0.164 e. The third-order valence-corrected chi connectivity index (χ3v) is 8.00. The number of aliphatic imine (C=N–C) groups is 1. The zero-order chi connectivity index (χ0) is 19.0. The van der Waals surface area contributed by atoms with Gasteiger partial charge in [-0.3, -0.25) is 4.99 Å². The van der Waals surface area contributed by atoms with E-state index in [1.807, 2.05) is 36.4 Å². The summed E-state index contributed by atoms with van der Waals surface area (Å²) in [5, 5.41) is 0.854. The summed E-state index contributed by atoms with van der Waals surface area (Å²) in [5.74, 6) is 1.73. The van der Waals surface area contributed by atoms with Gasteiger partial charge >= 0.3 is 0 Å². The summed E-state index contributed by atoms with van der Waals surface area (Å²) in [6.07, 6.45) is 0. The lowest BCUT2D eigenvalue weighted by molar-refractivity contribution is 0.415. The Bertz CT molecular complexity index is 977. The highest BCUT2D eigenvalue weighted by atomic mass is 79.9. The lowest BCUT2D eigenvalue weighted by atomic mass is 10.1. The highest BCUT2D eigenvalue weighted by Gasteiger charge is 2.47. The fraction of sp³-hybridized carbons (Fsp3) is 0.316. The molecule has 1 fully saturated rings. The van der Waals surface area contributed by atoms with Gasteiger partial charge in [0, 0.05) is 10.2 Å². The Kier molecular flexibility index (Phi) is 5.22. The quantitative estimate of drug-likeness (QED) is 0.686. The molecule has 2 aliphatic heterocycles. The molecule has 0 saturated carbocycles. The number of benzene rings is 2. The van der Waals surface area contributed by atoms with Crippen molar-refractivity contribution in [1.82, 2.24) is 0 Å². The van der Waals surface area contributed by atoms with E-state index in [-0.39, 0.29) is 23.6 Å². The Morgan fingerprint density at radius 3 is 2.67 bits per heavy atom. The minimum atomic E-state index is -3.07. The molecule has 2 heterocycles. The SMILES string of the molecule is COc1ccccc1N1C(SCc2ccc(Br)cc2)=N[C@@H]2CS(=O)(=O)C[C@@H]21. The lowest BCUT2D eigenvalue weighted by Gasteiger charge is -2.27. The Morgan fingerprint density at radius 2 is 1.93 bits per heavy atom. The van der Waals surface area contributed by atoms with Crippen LogP contribution in [0, 0.1) is 0 Å². The Balaban J connectivity index is 1.64. The number of fused-ring (bicyclic) bond motifs is 1. The molecule has 0 aliphatic carbocycles. The molecule has 1 saturated heterocycles. The molecule has 0 bridgehead atoms. The summed E-state index contributed by atoms with van der Waals surface area (Å²) in [7, 11) is -1.44. The van der Waals surface area contributed by atoms with Gasteiger partial charge in [-0.1, -0.05) is 52.0 Å². The largest absolute Gasteiger partial charge is 0.495 e. The fourth-order valence-electron chi connectivity index (χ4n) is 3.47. The minimum absolute atomic E-state index is 0.117. The molecule has 142 valence electrons. The van der Waals surface area contributed by atoms with Crippen LogP contribution in [0.15, 0.2) is 58.0 Å². The molecule has 0 radical (unpaired) electrons. The van der Waals surface area contributed by atoms with Gasteiger partial charge in [0.2, 0.25) is 0 Å². The average Bonchev–Trinajstić information content (AvgIpc) is 3.12. The van der Waals surface area contributed by atoms with E-state index in [9.17, 15) is 8.42 Å². The van der Waals surface area contributed by atoms with E-state index >= 15 is 0 Å². The molecule has 2 aliphatic rings. The third kappa shape index (κ3) is 3.88. The number of hydrogen-bond donors (Lipinski definition) is 0.